The van der Waals surface area contributed by atoms with Gasteiger partial charge in [0.25, 0.3) is 5.69 Å². The molecule has 6 heteroatoms. The number of piperazine rings is 1. The highest BCUT2D eigenvalue weighted by Crippen LogP contribution is 2.32. The lowest BCUT2D eigenvalue weighted by Crippen LogP contribution is -2.47. The van der Waals surface area contributed by atoms with Crippen molar-refractivity contribution in [3.05, 3.63) is 57.3 Å². The summed E-state index contributed by atoms with van der Waals surface area (Å²) in [5.74, 6) is 1.25. The van der Waals surface area contributed by atoms with Crippen LogP contribution in [0.1, 0.15) is 0 Å². The molecular formula is C16H21N3O2S. The number of nitro benzene ring substituents is 1. The van der Waals surface area contributed by atoms with Crippen LogP contribution in [-0.2, 0) is 0 Å². The Labute approximate surface area is 133 Å². The summed E-state index contributed by atoms with van der Waals surface area (Å²) in [5.41, 5.74) is 1.23. The zero-order chi connectivity index (χ0) is 15.4. The molecule has 22 heavy (non-hydrogen) atoms. The Kier molecular flexibility index (Phi) is 4.80. The SMILES string of the molecule is O=[N+]([O-])c1ccc(N2CCN(CC[SH]3C=CC=C3)CC2)cc1. The molecule has 3 rings (SSSR count). The first-order valence-electron chi connectivity index (χ1n) is 7.55. The summed E-state index contributed by atoms with van der Waals surface area (Å²) in [6, 6.07) is 6.88. The molecule has 2 aliphatic rings. The van der Waals surface area contributed by atoms with Gasteiger partial charge >= 0.3 is 0 Å². The van der Waals surface area contributed by atoms with E-state index in [1.54, 1.807) is 12.1 Å². The number of hydrogen-bond donors (Lipinski definition) is 1. The molecule has 0 saturated carbocycles. The molecule has 5 nitrogen and oxygen atoms in total. The van der Waals surface area contributed by atoms with Crippen LogP contribution in [0.3, 0.4) is 0 Å². The number of non-ortho nitro benzene ring substituents is 1. The van der Waals surface area contributed by atoms with Gasteiger partial charge in [-0.25, -0.2) is 10.9 Å². The van der Waals surface area contributed by atoms with Crippen molar-refractivity contribution < 1.29 is 4.92 Å². The molecule has 0 N–H and O–H groups in total. The maximum Gasteiger partial charge on any atom is 0.269 e. The molecule has 2 aliphatic heterocycles. The molecule has 1 saturated heterocycles. The van der Waals surface area contributed by atoms with E-state index in [9.17, 15) is 10.1 Å². The lowest BCUT2D eigenvalue weighted by molar-refractivity contribution is -0.384. The molecule has 1 aromatic carbocycles. The van der Waals surface area contributed by atoms with Crippen LogP contribution in [0.2, 0.25) is 0 Å². The lowest BCUT2D eigenvalue weighted by Gasteiger charge is -2.36. The zero-order valence-corrected chi connectivity index (χ0v) is 13.4. The quantitative estimate of drug-likeness (QED) is 0.515. The Balaban J connectivity index is 1.47. The molecule has 0 radical (unpaired) electrons. The number of rotatable bonds is 5. The Morgan fingerprint density at radius 1 is 1.05 bits per heavy atom. The van der Waals surface area contributed by atoms with Gasteiger partial charge in [0.05, 0.1) is 4.92 Å². The Hall–Kier alpha value is -1.79. The fourth-order valence-corrected chi connectivity index (χ4v) is 4.34. The van der Waals surface area contributed by atoms with Gasteiger partial charge in [0.1, 0.15) is 0 Å². The summed E-state index contributed by atoms with van der Waals surface area (Å²) < 4.78 is 0. The summed E-state index contributed by atoms with van der Waals surface area (Å²) in [5, 5.41) is 15.3. The minimum Gasteiger partial charge on any atom is -0.369 e. The second-order valence-corrected chi connectivity index (χ2v) is 7.60. The van der Waals surface area contributed by atoms with Crippen molar-refractivity contribution in [1.82, 2.24) is 4.90 Å². The molecule has 118 valence electrons. The molecule has 0 spiro atoms. The van der Waals surface area contributed by atoms with E-state index >= 15 is 0 Å². The van der Waals surface area contributed by atoms with E-state index in [2.05, 4.69) is 32.8 Å². The van der Waals surface area contributed by atoms with Crippen LogP contribution in [0, 0.1) is 10.1 Å². The van der Waals surface area contributed by atoms with Gasteiger partial charge < -0.3 is 4.90 Å². The van der Waals surface area contributed by atoms with E-state index in [0.29, 0.717) is 0 Å². The fraction of sp³-hybridized carbons (Fsp3) is 0.375. The van der Waals surface area contributed by atoms with Gasteiger partial charge in [-0.3, -0.25) is 15.0 Å². The number of benzene rings is 1. The van der Waals surface area contributed by atoms with Crippen molar-refractivity contribution >= 4 is 22.3 Å². The normalized spacial score (nSPS) is 19.8. The highest BCUT2D eigenvalue weighted by molar-refractivity contribution is 8.22. The van der Waals surface area contributed by atoms with Crippen LogP contribution >= 0.6 is 10.9 Å². The van der Waals surface area contributed by atoms with E-state index in [4.69, 9.17) is 0 Å². The third-order valence-electron chi connectivity index (χ3n) is 4.14. The summed E-state index contributed by atoms with van der Waals surface area (Å²) in [7, 11) is -0.0151. The maximum atomic E-state index is 10.7. The Morgan fingerprint density at radius 3 is 2.27 bits per heavy atom. The van der Waals surface area contributed by atoms with E-state index in [1.807, 2.05) is 12.1 Å². The number of nitro groups is 1. The molecule has 1 aromatic rings. The molecule has 0 amide bonds. The second kappa shape index (κ2) is 6.98. The fourth-order valence-electron chi connectivity index (χ4n) is 2.79. The standard InChI is InChI=1S/C16H21N3O2S/c20-19(21)16-5-3-15(4-6-16)18-9-7-17(8-10-18)11-14-22-12-1-2-13-22/h1-6,12-13,22H,7-11,14H2. The average Bonchev–Trinajstić information content (AvgIpc) is 3.07. The van der Waals surface area contributed by atoms with E-state index in [0.717, 1.165) is 38.4 Å². The number of allylic oxidation sites excluding steroid dienone is 2. The van der Waals surface area contributed by atoms with Gasteiger partial charge in [0.2, 0.25) is 0 Å². The number of hydrogen-bond acceptors (Lipinski definition) is 4. The predicted molar refractivity (Wildman–Crippen MR) is 93.9 cm³/mol. The third kappa shape index (κ3) is 3.69. The van der Waals surface area contributed by atoms with E-state index in [-0.39, 0.29) is 21.5 Å². The number of anilines is 1. The topological polar surface area (TPSA) is 49.6 Å². The summed E-state index contributed by atoms with van der Waals surface area (Å²) >= 11 is 0. The maximum absolute atomic E-state index is 10.7. The van der Waals surface area contributed by atoms with Gasteiger partial charge in [-0.05, 0) is 28.7 Å². The predicted octanol–water partition coefficient (Wildman–Crippen LogP) is 2.76. The van der Waals surface area contributed by atoms with Gasteiger partial charge in [0, 0.05) is 50.5 Å². The van der Waals surface area contributed by atoms with Crippen molar-refractivity contribution in [3.8, 4) is 0 Å². The van der Waals surface area contributed by atoms with Crippen LogP contribution < -0.4 is 4.90 Å². The highest BCUT2D eigenvalue weighted by atomic mass is 32.2. The minimum absolute atomic E-state index is 0.0151. The monoisotopic (exact) mass is 319 g/mol. The zero-order valence-electron chi connectivity index (χ0n) is 12.5. The summed E-state index contributed by atoms with van der Waals surface area (Å²) in [6.45, 7) is 5.26. The third-order valence-corrected chi connectivity index (χ3v) is 5.97. The van der Waals surface area contributed by atoms with Crippen LogP contribution in [0.15, 0.2) is 47.2 Å². The van der Waals surface area contributed by atoms with E-state index in [1.165, 1.54) is 5.75 Å². The molecule has 0 unspecified atom stereocenters. The average molecular weight is 319 g/mol. The molecular weight excluding hydrogens is 298 g/mol. The largest absolute Gasteiger partial charge is 0.369 e. The molecule has 0 aromatic heterocycles. The summed E-state index contributed by atoms with van der Waals surface area (Å²) in [6.07, 6.45) is 4.30. The van der Waals surface area contributed by atoms with Crippen LogP contribution in [0.5, 0.6) is 0 Å². The number of nitrogens with zero attached hydrogens (tertiary/aromatic N) is 3. The van der Waals surface area contributed by atoms with Crippen molar-refractivity contribution in [2.45, 2.75) is 0 Å². The van der Waals surface area contributed by atoms with Crippen molar-refractivity contribution in [3.63, 3.8) is 0 Å². The Bertz CT molecular complexity index is 566. The molecule has 2 heterocycles. The first kappa shape index (κ1) is 15.1. The molecule has 1 fully saturated rings. The summed E-state index contributed by atoms with van der Waals surface area (Å²) in [4.78, 5) is 15.2. The number of thiol groups is 1. The van der Waals surface area contributed by atoms with Crippen molar-refractivity contribution in [2.24, 2.45) is 0 Å². The van der Waals surface area contributed by atoms with Crippen LogP contribution in [-0.4, -0.2) is 48.3 Å². The smallest absolute Gasteiger partial charge is 0.269 e. The second-order valence-electron chi connectivity index (χ2n) is 5.52. The van der Waals surface area contributed by atoms with Crippen molar-refractivity contribution in [2.75, 3.05) is 43.4 Å². The van der Waals surface area contributed by atoms with Gasteiger partial charge in [-0.2, -0.15) is 0 Å². The molecule has 0 bridgehead atoms. The minimum atomic E-state index is -0.352. The van der Waals surface area contributed by atoms with Crippen molar-refractivity contribution in [1.29, 1.82) is 0 Å². The first-order chi connectivity index (χ1) is 10.7. The van der Waals surface area contributed by atoms with Gasteiger partial charge in [-0.1, -0.05) is 12.2 Å². The molecule has 0 aliphatic carbocycles. The Morgan fingerprint density at radius 2 is 1.68 bits per heavy atom. The van der Waals surface area contributed by atoms with Gasteiger partial charge in [0.15, 0.2) is 0 Å². The highest BCUT2D eigenvalue weighted by Gasteiger charge is 2.18. The van der Waals surface area contributed by atoms with Crippen LogP contribution in [0.25, 0.3) is 0 Å². The lowest BCUT2D eigenvalue weighted by atomic mass is 10.2. The van der Waals surface area contributed by atoms with E-state index < -0.39 is 0 Å². The first-order valence-corrected chi connectivity index (χ1v) is 9.21. The van der Waals surface area contributed by atoms with Crippen LogP contribution in [0.4, 0.5) is 11.4 Å². The van der Waals surface area contributed by atoms with Gasteiger partial charge in [-0.15, -0.1) is 0 Å². The molecule has 0 atom stereocenters.